The van der Waals surface area contributed by atoms with Crippen LogP contribution in [0, 0.1) is 5.92 Å². The maximum atomic E-state index is 13.0. The first kappa shape index (κ1) is 42.5. The van der Waals surface area contributed by atoms with Gasteiger partial charge in [0, 0.05) is 54.9 Å². The van der Waals surface area contributed by atoms with E-state index in [9.17, 15) is 19.8 Å². The molecule has 2 atom stereocenters. The molecule has 3 aliphatic rings. The van der Waals surface area contributed by atoms with Gasteiger partial charge in [-0.1, -0.05) is 75.4 Å². The van der Waals surface area contributed by atoms with Crippen LogP contribution in [0.4, 0.5) is 10.5 Å². The molecule has 3 saturated heterocycles. The minimum atomic E-state index is -2.20. The number of aryl methyl sites for hydroxylation is 2. The Morgan fingerprint density at radius 3 is 2.44 bits per heavy atom. The van der Waals surface area contributed by atoms with Gasteiger partial charge in [0.05, 0.1) is 23.3 Å². The van der Waals surface area contributed by atoms with Crippen molar-refractivity contribution in [2.45, 2.75) is 96.2 Å². The van der Waals surface area contributed by atoms with E-state index in [1.807, 2.05) is 24.3 Å². The zero-order valence-electron chi connectivity index (χ0n) is 36.3. The first-order valence-corrected chi connectivity index (χ1v) is 24.9. The van der Waals surface area contributed by atoms with Crippen LogP contribution in [0.2, 0.25) is 18.1 Å². The van der Waals surface area contributed by atoms with Gasteiger partial charge < -0.3 is 34.4 Å². The van der Waals surface area contributed by atoms with Crippen LogP contribution >= 0.6 is 0 Å². The lowest BCUT2D eigenvalue weighted by Gasteiger charge is -2.48. The fraction of sp³-hybridized carbons (Fsp3) is 0.400. The number of amides is 1. The number of rotatable bonds is 15. The largest absolute Gasteiger partial charge is 0.506 e. The van der Waals surface area contributed by atoms with Crippen molar-refractivity contribution < 1.29 is 19.4 Å². The molecule has 4 N–H and O–H groups in total. The van der Waals surface area contributed by atoms with Gasteiger partial charge in [0.1, 0.15) is 5.75 Å². The van der Waals surface area contributed by atoms with E-state index >= 15 is 0 Å². The van der Waals surface area contributed by atoms with E-state index < -0.39 is 14.4 Å². The van der Waals surface area contributed by atoms with Crippen LogP contribution < -0.4 is 15.8 Å². The van der Waals surface area contributed by atoms with Gasteiger partial charge >= 0.3 is 6.09 Å². The fourth-order valence-corrected chi connectivity index (χ4v) is 10.5. The van der Waals surface area contributed by atoms with Gasteiger partial charge in [-0.15, -0.1) is 0 Å². The Morgan fingerprint density at radius 1 is 0.951 bits per heavy atom. The van der Waals surface area contributed by atoms with Gasteiger partial charge in [0.2, 0.25) is 5.56 Å². The van der Waals surface area contributed by atoms with Crippen LogP contribution in [0.25, 0.3) is 32.9 Å². The number of piperidine rings is 3. The second kappa shape index (κ2) is 17.6. The van der Waals surface area contributed by atoms with Crippen molar-refractivity contribution in [3.05, 3.63) is 130 Å². The number of H-pyrrole nitrogens is 1. The molecule has 4 aromatic carbocycles. The van der Waals surface area contributed by atoms with Gasteiger partial charge in [-0.3, -0.25) is 9.69 Å². The molecule has 10 nitrogen and oxygen atoms in total. The molecule has 2 aromatic heterocycles. The van der Waals surface area contributed by atoms with Crippen molar-refractivity contribution in [3.8, 4) is 16.9 Å². The number of aromatic nitrogens is 2. The summed E-state index contributed by atoms with van der Waals surface area (Å²) in [5.74, 6) is 0.436. The average Bonchev–Trinajstić information content (AvgIpc) is 3.65. The lowest BCUT2D eigenvalue weighted by molar-refractivity contribution is 0.0837. The highest BCUT2D eigenvalue weighted by atomic mass is 28.4. The lowest BCUT2D eigenvalue weighted by Crippen LogP contribution is -2.59. The molecule has 61 heavy (non-hydrogen) atoms. The van der Waals surface area contributed by atoms with E-state index in [1.54, 1.807) is 17.0 Å². The van der Waals surface area contributed by atoms with Crippen LogP contribution in [0.1, 0.15) is 69.2 Å². The average molecular weight is 840 g/mol. The highest BCUT2D eigenvalue weighted by molar-refractivity contribution is 6.74. The zero-order chi connectivity index (χ0) is 42.9. The number of phenols is 1. The maximum Gasteiger partial charge on any atom is 0.412 e. The van der Waals surface area contributed by atoms with E-state index in [4.69, 9.17) is 4.43 Å². The smallest absolute Gasteiger partial charge is 0.412 e. The summed E-state index contributed by atoms with van der Waals surface area (Å²) in [5.41, 5.74) is 7.48. The molecular weight excluding hydrogens is 779 g/mol. The number of nitrogens with one attached hydrogen (secondary N) is 2. The number of carboxylic acid groups (broad SMARTS) is 1. The fourth-order valence-electron chi connectivity index (χ4n) is 9.24. The predicted molar refractivity (Wildman–Crippen MR) is 249 cm³/mol. The molecule has 3 fully saturated rings. The monoisotopic (exact) mass is 839 g/mol. The van der Waals surface area contributed by atoms with Crippen LogP contribution in [0.15, 0.2) is 108 Å². The number of hydrogen-bond acceptors (Lipinski definition) is 6. The quantitative estimate of drug-likeness (QED) is 0.0600. The van der Waals surface area contributed by atoms with Gasteiger partial charge in [-0.05, 0) is 133 Å². The van der Waals surface area contributed by atoms with Crippen molar-refractivity contribution >= 4 is 41.9 Å². The summed E-state index contributed by atoms with van der Waals surface area (Å²) in [6.07, 6.45) is 6.01. The first-order chi connectivity index (χ1) is 29.3. The minimum Gasteiger partial charge on any atom is -0.506 e. The number of carbonyl (C=O) groups is 1. The molecule has 0 spiro atoms. The van der Waals surface area contributed by atoms with Gasteiger partial charge in [0.15, 0.2) is 8.32 Å². The third kappa shape index (κ3) is 9.21. The number of unbranched alkanes of at least 4 members (excludes halogenated alkanes) is 1. The maximum absolute atomic E-state index is 13.0. The Hall–Kier alpha value is -5.20. The van der Waals surface area contributed by atoms with E-state index in [-0.39, 0.29) is 28.5 Å². The van der Waals surface area contributed by atoms with E-state index in [1.165, 1.54) is 28.1 Å². The van der Waals surface area contributed by atoms with Crippen molar-refractivity contribution in [2.75, 3.05) is 31.1 Å². The molecule has 2 bridgehead atoms. The molecule has 3 aliphatic heterocycles. The van der Waals surface area contributed by atoms with Crippen molar-refractivity contribution in [1.29, 1.82) is 0 Å². The van der Waals surface area contributed by atoms with Crippen molar-refractivity contribution in [2.24, 2.45) is 5.92 Å². The second-order valence-electron chi connectivity index (χ2n) is 18.7. The van der Waals surface area contributed by atoms with E-state index in [0.717, 1.165) is 86.0 Å². The summed E-state index contributed by atoms with van der Waals surface area (Å²) in [6, 6.07) is 32.3. The van der Waals surface area contributed by atoms with Crippen molar-refractivity contribution in [1.82, 2.24) is 19.8 Å². The standard InChI is InChI=1S/C50H61N5O5Si/c1-50(2,3)61(4,5)60-46(40-17-20-45(56)48-41(40)18-21-47(57)52-48)32-51-31-35-15-19-42-38(29-35)24-28-54(42)25-10-9-11-34-14-16-39(36-12-7-6-8-13-36)43(30-34)55(49(58)59)44-33-53-26-22-37(44)23-27-53/h6-8,12-21,24,28-30,37,44,46,51,56H,9-11,22-23,25-27,31-33H2,1-5H3,(H,52,57)(H,58,59)/t44?,46-/m0/s1. The third-order valence-electron chi connectivity index (χ3n) is 13.7. The lowest BCUT2D eigenvalue weighted by atomic mass is 9.82. The van der Waals surface area contributed by atoms with E-state index in [0.29, 0.717) is 24.5 Å². The van der Waals surface area contributed by atoms with Crippen molar-refractivity contribution in [3.63, 3.8) is 0 Å². The predicted octanol–water partition coefficient (Wildman–Crippen LogP) is 10.3. The first-order valence-electron chi connectivity index (χ1n) is 22.0. The number of nitrogens with zero attached hydrogens (tertiary/aromatic N) is 3. The number of fused-ring (bicyclic) bond motifs is 5. The number of benzene rings is 4. The number of aromatic hydroxyl groups is 1. The Balaban J connectivity index is 0.924. The number of hydrogen-bond donors (Lipinski definition) is 4. The molecule has 6 aromatic rings. The Labute approximate surface area is 360 Å². The molecule has 5 heterocycles. The minimum absolute atomic E-state index is 0.00129. The summed E-state index contributed by atoms with van der Waals surface area (Å²) < 4.78 is 9.34. The molecule has 9 rings (SSSR count). The summed E-state index contributed by atoms with van der Waals surface area (Å²) in [7, 11) is -2.20. The number of anilines is 1. The molecule has 0 saturated carbocycles. The Morgan fingerprint density at radius 2 is 1.72 bits per heavy atom. The number of pyridine rings is 1. The van der Waals surface area contributed by atoms with Gasteiger partial charge in [-0.25, -0.2) is 4.79 Å². The van der Waals surface area contributed by atoms with Crippen LogP contribution in [-0.4, -0.2) is 71.3 Å². The molecule has 320 valence electrons. The topological polar surface area (TPSA) is 123 Å². The summed E-state index contributed by atoms with van der Waals surface area (Å²) in [5, 5.41) is 26.9. The van der Waals surface area contributed by atoms with E-state index in [2.05, 4.69) is 114 Å². The normalized spacial score (nSPS) is 18.5. The SMILES string of the molecule is CC(C)(C)[Si](C)(C)O[C@@H](CNCc1ccc2c(ccn2CCCCc2ccc(-c3ccccc3)c(N(C(=O)O)C3CN4CCC3CC4)c2)c1)c1ccc(O)c2[nH]c(=O)ccc12. The highest BCUT2D eigenvalue weighted by Gasteiger charge is 2.41. The van der Waals surface area contributed by atoms with Gasteiger partial charge in [-0.2, -0.15) is 0 Å². The summed E-state index contributed by atoms with van der Waals surface area (Å²) in [6.45, 7) is 16.2. The third-order valence-corrected chi connectivity index (χ3v) is 18.2. The Bertz CT molecular complexity index is 2550. The van der Waals surface area contributed by atoms with Crippen LogP contribution in [0.3, 0.4) is 0 Å². The summed E-state index contributed by atoms with van der Waals surface area (Å²) >= 11 is 0. The Kier molecular flexibility index (Phi) is 12.3. The summed E-state index contributed by atoms with van der Waals surface area (Å²) in [4.78, 5) is 32.1. The zero-order valence-corrected chi connectivity index (χ0v) is 37.3. The van der Waals surface area contributed by atoms with Crippen LogP contribution in [-0.2, 0) is 23.9 Å². The second-order valence-corrected chi connectivity index (χ2v) is 23.5. The van der Waals surface area contributed by atoms with Crippen LogP contribution in [0.5, 0.6) is 5.75 Å². The molecular formula is C50H61N5O5Si. The van der Waals surface area contributed by atoms with Gasteiger partial charge in [0.25, 0.3) is 0 Å². The highest BCUT2D eigenvalue weighted by Crippen LogP contribution is 2.42. The molecule has 11 heteroatoms. The molecule has 1 amide bonds. The molecule has 0 radical (unpaired) electrons. The number of phenolic OH excluding ortho intramolecular Hbond substituents is 1. The molecule has 1 unspecified atom stereocenters. The molecule has 0 aliphatic carbocycles. The number of aromatic amines is 1.